The molecule has 0 spiro atoms. The summed E-state index contributed by atoms with van der Waals surface area (Å²) in [6, 6.07) is 17.8. The maximum atomic E-state index is 13.2. The molecule has 0 saturated carbocycles. The molecule has 4 rings (SSSR count). The van der Waals surface area contributed by atoms with Gasteiger partial charge in [0.1, 0.15) is 11.6 Å². The minimum Gasteiger partial charge on any atom is -0.348 e. The summed E-state index contributed by atoms with van der Waals surface area (Å²) < 4.78 is 25.7. The van der Waals surface area contributed by atoms with Crippen molar-refractivity contribution in [1.29, 1.82) is 0 Å². The molecule has 0 aliphatic carbocycles. The number of rotatable bonds is 5. The predicted molar refractivity (Wildman–Crippen MR) is 118 cm³/mol. The molecule has 0 radical (unpaired) electrons. The Morgan fingerprint density at radius 1 is 1.10 bits per heavy atom. The summed E-state index contributed by atoms with van der Waals surface area (Å²) in [5.41, 5.74) is 2.26. The average molecular weight is 457 g/mol. The van der Waals surface area contributed by atoms with Gasteiger partial charge in [-0.2, -0.15) is 0 Å². The first-order valence-electron chi connectivity index (χ1n) is 9.51. The molecule has 1 unspecified atom stereocenters. The number of benzene rings is 3. The van der Waals surface area contributed by atoms with Crippen molar-refractivity contribution in [3.63, 3.8) is 0 Å². The van der Waals surface area contributed by atoms with E-state index < -0.39 is 10.8 Å². The molecule has 1 atom stereocenters. The normalized spacial score (nSPS) is 15.5. The number of halogens is 2. The fourth-order valence-electron chi connectivity index (χ4n) is 3.33. The van der Waals surface area contributed by atoms with Crippen LogP contribution in [0.5, 0.6) is 0 Å². The zero-order chi connectivity index (χ0) is 22.0. The van der Waals surface area contributed by atoms with Crippen LogP contribution in [0.1, 0.15) is 21.5 Å². The summed E-state index contributed by atoms with van der Waals surface area (Å²) in [5, 5.41) is 3.37. The van der Waals surface area contributed by atoms with Gasteiger partial charge in [-0.25, -0.2) is 4.39 Å². The minimum atomic E-state index is -1.49. The van der Waals surface area contributed by atoms with E-state index in [-0.39, 0.29) is 36.5 Å². The molecule has 2 amide bonds. The zero-order valence-corrected chi connectivity index (χ0v) is 17.9. The fourth-order valence-corrected chi connectivity index (χ4v) is 4.69. The van der Waals surface area contributed by atoms with Crippen LogP contribution in [0, 0.1) is 5.82 Å². The van der Waals surface area contributed by atoms with Crippen LogP contribution in [0.25, 0.3) is 0 Å². The van der Waals surface area contributed by atoms with Gasteiger partial charge in [0, 0.05) is 17.1 Å². The van der Waals surface area contributed by atoms with Crippen LogP contribution in [0.15, 0.2) is 71.6 Å². The van der Waals surface area contributed by atoms with Crippen molar-refractivity contribution in [2.45, 2.75) is 18.0 Å². The number of hydrogen-bond donors (Lipinski definition) is 1. The highest BCUT2D eigenvalue weighted by atomic mass is 35.5. The van der Waals surface area contributed by atoms with Crippen molar-refractivity contribution in [2.75, 3.05) is 10.7 Å². The molecule has 3 aromatic carbocycles. The highest BCUT2D eigenvalue weighted by molar-refractivity contribution is 7.86. The topological polar surface area (TPSA) is 66.5 Å². The van der Waals surface area contributed by atoms with Gasteiger partial charge in [0.15, 0.2) is 0 Å². The third-order valence-electron chi connectivity index (χ3n) is 4.96. The Balaban J connectivity index is 1.59. The highest BCUT2D eigenvalue weighted by Crippen LogP contribution is 2.31. The van der Waals surface area contributed by atoms with Gasteiger partial charge in [0.25, 0.3) is 5.91 Å². The van der Waals surface area contributed by atoms with E-state index >= 15 is 0 Å². The largest absolute Gasteiger partial charge is 0.348 e. The van der Waals surface area contributed by atoms with Gasteiger partial charge in [0.2, 0.25) is 5.91 Å². The Kier molecular flexibility index (Phi) is 6.15. The molecule has 8 heteroatoms. The molecule has 0 fully saturated rings. The zero-order valence-electron chi connectivity index (χ0n) is 16.3. The number of anilines is 1. The Morgan fingerprint density at radius 3 is 2.58 bits per heavy atom. The van der Waals surface area contributed by atoms with Crippen molar-refractivity contribution in [1.82, 2.24) is 5.32 Å². The summed E-state index contributed by atoms with van der Waals surface area (Å²) in [6.45, 7) is 0.438. The Labute approximate surface area is 186 Å². The van der Waals surface area contributed by atoms with E-state index in [4.69, 9.17) is 11.6 Å². The number of carbonyl (C=O) groups is 2. The van der Waals surface area contributed by atoms with E-state index in [1.165, 1.54) is 17.0 Å². The molecular formula is C23H18ClFN2O3S. The van der Waals surface area contributed by atoms with Crippen LogP contribution in [0.4, 0.5) is 10.1 Å². The van der Waals surface area contributed by atoms with E-state index in [1.807, 2.05) is 18.2 Å². The Morgan fingerprint density at radius 2 is 1.84 bits per heavy atom. The molecule has 1 aliphatic heterocycles. The van der Waals surface area contributed by atoms with Crippen molar-refractivity contribution >= 4 is 39.9 Å². The third kappa shape index (κ3) is 4.68. The smallest absolute Gasteiger partial charge is 0.251 e. The summed E-state index contributed by atoms with van der Waals surface area (Å²) >= 11 is 6.13. The quantitative estimate of drug-likeness (QED) is 0.629. The van der Waals surface area contributed by atoms with Gasteiger partial charge < -0.3 is 10.2 Å². The second-order valence-corrected chi connectivity index (χ2v) is 8.88. The van der Waals surface area contributed by atoms with Crippen LogP contribution in [-0.2, 0) is 28.7 Å². The summed E-state index contributed by atoms with van der Waals surface area (Å²) in [6.07, 6.45) is 0. The van der Waals surface area contributed by atoms with Crippen LogP contribution in [0.3, 0.4) is 0 Å². The molecule has 0 aromatic heterocycles. The SMILES string of the molecule is O=C(NCc1ccccc1Cl)c1ccc2c(c1)N(Cc1ccc(F)cc1)C(=O)CS2=O. The fraction of sp³-hybridized carbons (Fsp3) is 0.130. The number of fused-ring (bicyclic) bond motifs is 1. The van der Waals surface area contributed by atoms with E-state index in [0.29, 0.717) is 21.2 Å². The second kappa shape index (κ2) is 8.99. The van der Waals surface area contributed by atoms with Gasteiger partial charge in [-0.05, 0) is 47.5 Å². The molecule has 0 saturated heterocycles. The number of hydrogen-bond acceptors (Lipinski definition) is 3. The molecule has 5 nitrogen and oxygen atoms in total. The van der Waals surface area contributed by atoms with Crippen molar-refractivity contribution in [2.24, 2.45) is 0 Å². The predicted octanol–water partition coefficient (Wildman–Crippen LogP) is 4.06. The van der Waals surface area contributed by atoms with E-state index in [2.05, 4.69) is 5.32 Å². The second-order valence-electron chi connectivity index (χ2n) is 7.05. The molecule has 1 heterocycles. The summed E-state index contributed by atoms with van der Waals surface area (Å²) in [4.78, 5) is 27.3. The van der Waals surface area contributed by atoms with Crippen LogP contribution in [-0.4, -0.2) is 21.8 Å². The number of amides is 2. The van der Waals surface area contributed by atoms with Crippen molar-refractivity contribution < 1.29 is 18.2 Å². The summed E-state index contributed by atoms with van der Waals surface area (Å²) in [7, 11) is -1.49. The molecule has 31 heavy (non-hydrogen) atoms. The molecule has 0 bridgehead atoms. The van der Waals surface area contributed by atoms with E-state index in [1.54, 1.807) is 36.4 Å². The average Bonchev–Trinajstić information content (AvgIpc) is 2.76. The van der Waals surface area contributed by atoms with Gasteiger partial charge in [-0.15, -0.1) is 0 Å². The maximum Gasteiger partial charge on any atom is 0.251 e. The monoisotopic (exact) mass is 456 g/mol. The standard InChI is InChI=1S/C23H18ClFN2O3S/c24-19-4-2-1-3-17(19)12-26-23(29)16-7-10-21-20(11-16)27(22(28)14-31(21)30)13-15-5-8-18(25)9-6-15/h1-11H,12-14H2,(H,26,29). The number of carbonyl (C=O) groups excluding carboxylic acids is 2. The van der Waals surface area contributed by atoms with Crippen molar-refractivity contribution in [3.8, 4) is 0 Å². The van der Waals surface area contributed by atoms with Crippen LogP contribution >= 0.6 is 11.6 Å². The van der Waals surface area contributed by atoms with Gasteiger partial charge in [-0.3, -0.25) is 13.8 Å². The first-order chi connectivity index (χ1) is 14.9. The van der Waals surface area contributed by atoms with Crippen LogP contribution < -0.4 is 10.2 Å². The number of nitrogens with one attached hydrogen (secondary N) is 1. The lowest BCUT2D eigenvalue weighted by Crippen LogP contribution is -2.38. The number of nitrogens with zero attached hydrogens (tertiary/aromatic N) is 1. The first-order valence-corrected chi connectivity index (χ1v) is 11.2. The molecular weight excluding hydrogens is 439 g/mol. The van der Waals surface area contributed by atoms with Crippen LogP contribution in [0.2, 0.25) is 5.02 Å². The van der Waals surface area contributed by atoms with E-state index in [9.17, 15) is 18.2 Å². The first kappa shape index (κ1) is 21.2. The molecule has 158 valence electrons. The van der Waals surface area contributed by atoms with Gasteiger partial charge in [0.05, 0.1) is 27.9 Å². The Bertz CT molecular complexity index is 1180. The lowest BCUT2D eigenvalue weighted by Gasteiger charge is -2.29. The maximum absolute atomic E-state index is 13.2. The summed E-state index contributed by atoms with van der Waals surface area (Å²) in [5.74, 6) is -1.16. The third-order valence-corrected chi connectivity index (χ3v) is 6.68. The van der Waals surface area contributed by atoms with E-state index in [0.717, 1.165) is 11.1 Å². The lowest BCUT2D eigenvalue weighted by molar-refractivity contribution is -0.116. The lowest BCUT2D eigenvalue weighted by atomic mass is 10.1. The van der Waals surface area contributed by atoms with Crippen molar-refractivity contribution in [3.05, 3.63) is 94.3 Å². The van der Waals surface area contributed by atoms with Gasteiger partial charge in [-0.1, -0.05) is 41.9 Å². The van der Waals surface area contributed by atoms with Gasteiger partial charge >= 0.3 is 0 Å². The molecule has 1 N–H and O–H groups in total. The molecule has 3 aromatic rings. The molecule has 1 aliphatic rings. The highest BCUT2D eigenvalue weighted by Gasteiger charge is 2.30. The minimum absolute atomic E-state index is 0.133. The Hall–Kier alpha value is -3.03.